The summed E-state index contributed by atoms with van der Waals surface area (Å²) in [4.78, 5) is 12.0. The van der Waals surface area contributed by atoms with E-state index in [1.54, 1.807) is 30.3 Å². The number of aromatic hydroxyl groups is 1. The molecular formula is C16H13NO6S. The van der Waals surface area contributed by atoms with Crippen LogP contribution in [-0.2, 0) is 10.0 Å². The number of rotatable bonds is 4. The number of nitrogens with one attached hydrogen (secondary N) is 1. The van der Waals surface area contributed by atoms with Crippen molar-refractivity contribution in [3.05, 3.63) is 59.0 Å². The third-order valence-electron chi connectivity index (χ3n) is 3.12. The van der Waals surface area contributed by atoms with Crippen LogP contribution in [0.2, 0.25) is 0 Å². The molecule has 2 aromatic carbocycles. The fourth-order valence-electron chi connectivity index (χ4n) is 2.13. The molecule has 0 amide bonds. The Bertz CT molecular complexity index is 1060. The Morgan fingerprint density at radius 1 is 1.17 bits per heavy atom. The zero-order valence-corrected chi connectivity index (χ0v) is 13.3. The van der Waals surface area contributed by atoms with Gasteiger partial charge in [0.15, 0.2) is 11.5 Å². The van der Waals surface area contributed by atoms with Gasteiger partial charge in [-0.05, 0) is 18.2 Å². The van der Waals surface area contributed by atoms with Crippen molar-refractivity contribution in [1.82, 2.24) is 0 Å². The maximum atomic E-state index is 12.0. The summed E-state index contributed by atoms with van der Waals surface area (Å²) in [6, 6.07) is 11.3. The number of ether oxygens (including phenoxy) is 1. The monoisotopic (exact) mass is 347 g/mol. The highest BCUT2D eigenvalue weighted by atomic mass is 32.2. The van der Waals surface area contributed by atoms with Crippen LogP contribution in [0.4, 0.5) is 5.69 Å². The Labute approximate surface area is 137 Å². The smallest absolute Gasteiger partial charge is 0.234 e. The molecule has 0 aliphatic rings. The molecule has 1 aromatic heterocycles. The summed E-state index contributed by atoms with van der Waals surface area (Å²) in [5.74, 6) is 0.0203. The molecule has 0 aliphatic carbocycles. The van der Waals surface area contributed by atoms with E-state index in [0.29, 0.717) is 5.75 Å². The van der Waals surface area contributed by atoms with Crippen molar-refractivity contribution >= 4 is 26.7 Å². The molecule has 0 saturated heterocycles. The molecule has 3 rings (SSSR count). The zero-order chi connectivity index (χ0) is 17.3. The molecule has 124 valence electrons. The summed E-state index contributed by atoms with van der Waals surface area (Å²) in [7, 11) is -3.58. The molecule has 0 saturated carbocycles. The summed E-state index contributed by atoms with van der Waals surface area (Å²) in [5, 5.41) is 9.56. The van der Waals surface area contributed by atoms with E-state index < -0.39 is 21.2 Å². The number of anilines is 1. The maximum Gasteiger partial charge on any atom is 0.234 e. The van der Waals surface area contributed by atoms with Crippen LogP contribution in [-0.4, -0.2) is 19.8 Å². The van der Waals surface area contributed by atoms with Gasteiger partial charge < -0.3 is 14.3 Å². The van der Waals surface area contributed by atoms with Crippen LogP contribution in [0.25, 0.3) is 11.0 Å². The predicted molar refractivity (Wildman–Crippen MR) is 89.1 cm³/mol. The molecule has 0 atom stereocenters. The van der Waals surface area contributed by atoms with Gasteiger partial charge in [-0.15, -0.1) is 0 Å². The highest BCUT2D eigenvalue weighted by Crippen LogP contribution is 2.34. The van der Waals surface area contributed by atoms with E-state index in [1.165, 1.54) is 12.1 Å². The Hall–Kier alpha value is -3.00. The molecule has 0 bridgehead atoms. The first kappa shape index (κ1) is 15.9. The van der Waals surface area contributed by atoms with Crippen molar-refractivity contribution in [1.29, 1.82) is 0 Å². The van der Waals surface area contributed by atoms with Gasteiger partial charge in [0.1, 0.15) is 17.6 Å². The molecule has 0 aliphatic heterocycles. The minimum Gasteiger partial charge on any atom is -0.502 e. The average Bonchev–Trinajstić information content (AvgIpc) is 2.52. The highest BCUT2D eigenvalue weighted by Gasteiger charge is 2.15. The Kier molecular flexibility index (Phi) is 3.90. The molecule has 24 heavy (non-hydrogen) atoms. The first-order chi connectivity index (χ1) is 11.3. The van der Waals surface area contributed by atoms with Gasteiger partial charge >= 0.3 is 0 Å². The van der Waals surface area contributed by atoms with Gasteiger partial charge in [0, 0.05) is 6.07 Å². The Morgan fingerprint density at radius 2 is 1.88 bits per heavy atom. The van der Waals surface area contributed by atoms with Gasteiger partial charge in [-0.2, -0.15) is 0 Å². The van der Waals surface area contributed by atoms with E-state index in [9.17, 15) is 18.3 Å². The largest absolute Gasteiger partial charge is 0.502 e. The first-order valence-corrected chi connectivity index (χ1v) is 8.72. The molecule has 0 radical (unpaired) electrons. The first-order valence-electron chi connectivity index (χ1n) is 6.83. The van der Waals surface area contributed by atoms with E-state index in [0.717, 1.165) is 12.5 Å². The van der Waals surface area contributed by atoms with Gasteiger partial charge in [-0.25, -0.2) is 8.42 Å². The fourth-order valence-corrected chi connectivity index (χ4v) is 2.68. The van der Waals surface area contributed by atoms with E-state index >= 15 is 0 Å². The van der Waals surface area contributed by atoms with Crippen LogP contribution >= 0.6 is 0 Å². The lowest BCUT2D eigenvalue weighted by Crippen LogP contribution is -2.11. The minimum absolute atomic E-state index is 0.0694. The summed E-state index contributed by atoms with van der Waals surface area (Å²) in [6.07, 6.45) is 1.89. The van der Waals surface area contributed by atoms with Gasteiger partial charge in [0.05, 0.1) is 17.3 Å². The second-order valence-electron chi connectivity index (χ2n) is 5.08. The standard InChI is InChI=1S/C16H13NO6S/c1-24(20,21)17-12-8-14-11(16(19)13(18)9-22-14)7-15(12)23-10-5-3-2-4-6-10/h2-9,17-18H,1H3. The van der Waals surface area contributed by atoms with Crippen LogP contribution in [0, 0.1) is 0 Å². The third kappa shape index (κ3) is 3.33. The van der Waals surface area contributed by atoms with Crippen molar-refractivity contribution in [3.63, 3.8) is 0 Å². The summed E-state index contributed by atoms with van der Waals surface area (Å²) in [5.41, 5.74) is -0.410. The van der Waals surface area contributed by atoms with Gasteiger partial charge in [0.25, 0.3) is 0 Å². The maximum absolute atomic E-state index is 12.0. The van der Waals surface area contributed by atoms with Crippen molar-refractivity contribution in [2.24, 2.45) is 0 Å². The lowest BCUT2D eigenvalue weighted by Gasteiger charge is -2.13. The van der Waals surface area contributed by atoms with Crippen molar-refractivity contribution in [2.45, 2.75) is 0 Å². The van der Waals surface area contributed by atoms with Crippen LogP contribution < -0.4 is 14.9 Å². The van der Waals surface area contributed by atoms with Gasteiger partial charge in [-0.3, -0.25) is 9.52 Å². The third-order valence-corrected chi connectivity index (χ3v) is 3.71. The summed E-state index contributed by atoms with van der Waals surface area (Å²) < 4.78 is 36.3. The quantitative estimate of drug-likeness (QED) is 0.751. The van der Waals surface area contributed by atoms with Crippen LogP contribution in [0.15, 0.2) is 57.9 Å². The molecule has 7 nitrogen and oxygen atoms in total. The Morgan fingerprint density at radius 3 is 2.54 bits per heavy atom. The van der Waals surface area contributed by atoms with Crippen LogP contribution in [0.1, 0.15) is 0 Å². The predicted octanol–water partition coefficient (Wildman–Crippen LogP) is 2.66. The van der Waals surface area contributed by atoms with E-state index in [4.69, 9.17) is 9.15 Å². The van der Waals surface area contributed by atoms with E-state index in [-0.39, 0.29) is 22.4 Å². The lowest BCUT2D eigenvalue weighted by atomic mass is 10.2. The van der Waals surface area contributed by atoms with Crippen molar-refractivity contribution in [2.75, 3.05) is 11.0 Å². The zero-order valence-electron chi connectivity index (χ0n) is 12.5. The molecule has 1 heterocycles. The van der Waals surface area contributed by atoms with Crippen molar-refractivity contribution < 1.29 is 22.7 Å². The molecule has 8 heteroatoms. The van der Waals surface area contributed by atoms with Gasteiger partial charge in [-0.1, -0.05) is 18.2 Å². The number of benzene rings is 2. The topological polar surface area (TPSA) is 106 Å². The second kappa shape index (κ2) is 5.89. The number of hydrogen-bond acceptors (Lipinski definition) is 6. The minimum atomic E-state index is -3.58. The van der Waals surface area contributed by atoms with Crippen LogP contribution in [0.5, 0.6) is 17.2 Å². The number of sulfonamides is 1. The number of hydrogen-bond donors (Lipinski definition) is 2. The summed E-state index contributed by atoms with van der Waals surface area (Å²) in [6.45, 7) is 0. The van der Waals surface area contributed by atoms with Crippen LogP contribution in [0.3, 0.4) is 0 Å². The fraction of sp³-hybridized carbons (Fsp3) is 0.0625. The SMILES string of the molecule is CS(=O)(=O)Nc1cc2occ(O)c(=O)c2cc1Oc1ccccc1. The molecule has 2 N–H and O–H groups in total. The Balaban J connectivity index is 2.20. The van der Waals surface area contributed by atoms with E-state index in [1.807, 2.05) is 0 Å². The molecule has 3 aromatic rings. The molecule has 0 spiro atoms. The normalized spacial score (nSPS) is 11.4. The number of para-hydroxylation sites is 1. The molecular weight excluding hydrogens is 334 g/mol. The summed E-state index contributed by atoms with van der Waals surface area (Å²) >= 11 is 0. The molecule has 0 unspecified atom stereocenters. The van der Waals surface area contributed by atoms with Gasteiger partial charge in [0.2, 0.25) is 15.5 Å². The van der Waals surface area contributed by atoms with E-state index in [2.05, 4.69) is 4.72 Å². The number of fused-ring (bicyclic) bond motifs is 1. The second-order valence-corrected chi connectivity index (χ2v) is 6.83. The molecule has 0 fully saturated rings. The highest BCUT2D eigenvalue weighted by molar-refractivity contribution is 7.92. The lowest BCUT2D eigenvalue weighted by molar-refractivity contribution is 0.441. The van der Waals surface area contributed by atoms with Crippen molar-refractivity contribution in [3.8, 4) is 17.2 Å². The average molecular weight is 347 g/mol.